The van der Waals surface area contributed by atoms with Crippen LogP contribution in [0.25, 0.3) is 6.08 Å². The Morgan fingerprint density at radius 1 is 1.00 bits per heavy atom. The summed E-state index contributed by atoms with van der Waals surface area (Å²) >= 11 is 0. The maximum absolute atomic E-state index is 12.7. The fraction of sp³-hybridized carbons (Fsp3) is 0.304. The van der Waals surface area contributed by atoms with Crippen LogP contribution >= 0.6 is 0 Å². The Morgan fingerprint density at radius 2 is 1.72 bits per heavy atom. The topological polar surface area (TPSA) is 59.1 Å². The second-order valence-corrected chi connectivity index (χ2v) is 6.65. The van der Waals surface area contributed by atoms with E-state index in [4.69, 9.17) is 9.47 Å². The number of amides is 2. The fourth-order valence-electron chi connectivity index (χ4n) is 3.24. The van der Waals surface area contributed by atoms with Crippen molar-refractivity contribution in [3.63, 3.8) is 0 Å². The highest BCUT2D eigenvalue weighted by molar-refractivity contribution is 5.95. The standard InChI is InChI=1S/C23H26N2O4/c1-3-29-21-10-5-4-7-18(21)11-12-22(26)24-13-15-25(16-14-24)23(27)19-8-6-9-20(17-19)28-2/h4-12,17H,3,13-16H2,1-2H3/b12-11+. The van der Waals surface area contributed by atoms with Gasteiger partial charge in [-0.25, -0.2) is 0 Å². The molecule has 1 saturated heterocycles. The van der Waals surface area contributed by atoms with E-state index in [0.29, 0.717) is 44.1 Å². The second-order valence-electron chi connectivity index (χ2n) is 6.65. The Labute approximate surface area is 171 Å². The number of benzene rings is 2. The molecule has 29 heavy (non-hydrogen) atoms. The van der Waals surface area contributed by atoms with Gasteiger partial charge in [0, 0.05) is 43.4 Å². The lowest BCUT2D eigenvalue weighted by molar-refractivity contribution is -0.127. The Morgan fingerprint density at radius 3 is 2.45 bits per heavy atom. The molecule has 0 unspecified atom stereocenters. The van der Waals surface area contributed by atoms with Gasteiger partial charge in [0.1, 0.15) is 11.5 Å². The minimum atomic E-state index is -0.0650. The quantitative estimate of drug-likeness (QED) is 0.707. The molecule has 0 saturated carbocycles. The van der Waals surface area contributed by atoms with E-state index in [1.807, 2.05) is 37.3 Å². The number of nitrogens with zero attached hydrogens (tertiary/aromatic N) is 2. The molecule has 1 fully saturated rings. The highest BCUT2D eigenvalue weighted by atomic mass is 16.5. The van der Waals surface area contributed by atoms with Crippen LogP contribution in [0.15, 0.2) is 54.6 Å². The first-order valence-electron chi connectivity index (χ1n) is 9.74. The number of methoxy groups -OCH3 is 1. The van der Waals surface area contributed by atoms with E-state index in [0.717, 1.165) is 11.3 Å². The molecule has 6 nitrogen and oxygen atoms in total. The molecule has 1 heterocycles. The van der Waals surface area contributed by atoms with Crippen LogP contribution in [0.3, 0.4) is 0 Å². The normalized spacial score (nSPS) is 14.1. The van der Waals surface area contributed by atoms with Crippen LogP contribution in [-0.4, -0.2) is 61.5 Å². The summed E-state index contributed by atoms with van der Waals surface area (Å²) in [6, 6.07) is 14.7. The summed E-state index contributed by atoms with van der Waals surface area (Å²) < 4.78 is 10.8. The predicted octanol–water partition coefficient (Wildman–Crippen LogP) is 3.09. The van der Waals surface area contributed by atoms with E-state index in [9.17, 15) is 9.59 Å². The molecule has 3 rings (SSSR count). The van der Waals surface area contributed by atoms with Crippen molar-refractivity contribution < 1.29 is 19.1 Å². The van der Waals surface area contributed by atoms with Gasteiger partial charge in [0.25, 0.3) is 5.91 Å². The van der Waals surface area contributed by atoms with Gasteiger partial charge in [-0.1, -0.05) is 24.3 Å². The third-order valence-corrected chi connectivity index (χ3v) is 4.82. The van der Waals surface area contributed by atoms with Gasteiger partial charge < -0.3 is 19.3 Å². The van der Waals surface area contributed by atoms with Gasteiger partial charge in [0.2, 0.25) is 5.91 Å². The molecule has 0 aliphatic carbocycles. The first-order valence-corrected chi connectivity index (χ1v) is 9.74. The summed E-state index contributed by atoms with van der Waals surface area (Å²) in [5, 5.41) is 0. The molecule has 0 atom stereocenters. The SMILES string of the molecule is CCOc1ccccc1/C=C/C(=O)N1CCN(C(=O)c2cccc(OC)c2)CC1. The lowest BCUT2D eigenvalue weighted by Crippen LogP contribution is -2.50. The molecule has 0 radical (unpaired) electrons. The maximum atomic E-state index is 12.7. The van der Waals surface area contributed by atoms with Crippen molar-refractivity contribution in [2.24, 2.45) is 0 Å². The van der Waals surface area contributed by atoms with Crippen LogP contribution in [0.2, 0.25) is 0 Å². The average molecular weight is 394 g/mol. The third-order valence-electron chi connectivity index (χ3n) is 4.82. The predicted molar refractivity (Wildman–Crippen MR) is 112 cm³/mol. The number of carbonyl (C=O) groups excluding carboxylic acids is 2. The first kappa shape index (κ1) is 20.5. The van der Waals surface area contributed by atoms with Crippen molar-refractivity contribution in [2.45, 2.75) is 6.92 Å². The zero-order chi connectivity index (χ0) is 20.6. The van der Waals surface area contributed by atoms with Gasteiger partial charge in [0.15, 0.2) is 0 Å². The second kappa shape index (κ2) is 9.78. The summed E-state index contributed by atoms with van der Waals surface area (Å²) in [5.41, 5.74) is 1.46. The molecule has 0 bridgehead atoms. The maximum Gasteiger partial charge on any atom is 0.254 e. The number of para-hydroxylation sites is 1. The Balaban J connectivity index is 1.57. The van der Waals surface area contributed by atoms with Gasteiger partial charge in [-0.05, 0) is 37.3 Å². The van der Waals surface area contributed by atoms with E-state index in [2.05, 4.69) is 0 Å². The average Bonchev–Trinajstić information content (AvgIpc) is 2.78. The van der Waals surface area contributed by atoms with E-state index >= 15 is 0 Å². The molecule has 2 amide bonds. The largest absolute Gasteiger partial charge is 0.497 e. The van der Waals surface area contributed by atoms with Crippen LogP contribution in [0.4, 0.5) is 0 Å². The molecule has 1 aliphatic rings. The third kappa shape index (κ3) is 5.16. The minimum absolute atomic E-state index is 0.0443. The molecule has 152 valence electrons. The summed E-state index contributed by atoms with van der Waals surface area (Å²) in [7, 11) is 1.58. The van der Waals surface area contributed by atoms with Crippen LogP contribution in [0.5, 0.6) is 11.5 Å². The number of rotatable bonds is 6. The Bertz CT molecular complexity index is 886. The number of hydrogen-bond donors (Lipinski definition) is 0. The van der Waals surface area contributed by atoms with Gasteiger partial charge >= 0.3 is 0 Å². The van der Waals surface area contributed by atoms with E-state index < -0.39 is 0 Å². The number of hydrogen-bond acceptors (Lipinski definition) is 4. The van der Waals surface area contributed by atoms with Crippen molar-refractivity contribution in [3.8, 4) is 11.5 Å². The van der Waals surface area contributed by atoms with Crippen LogP contribution in [0, 0.1) is 0 Å². The summed E-state index contributed by atoms with van der Waals surface area (Å²) in [6.45, 7) is 4.52. The lowest BCUT2D eigenvalue weighted by Gasteiger charge is -2.34. The molecule has 0 spiro atoms. The zero-order valence-electron chi connectivity index (χ0n) is 16.8. The molecule has 2 aromatic carbocycles. The Kier molecular flexibility index (Phi) is 6.89. The van der Waals surface area contributed by atoms with E-state index in [1.165, 1.54) is 0 Å². The van der Waals surface area contributed by atoms with Gasteiger partial charge in [-0.2, -0.15) is 0 Å². The van der Waals surface area contributed by atoms with Crippen LogP contribution < -0.4 is 9.47 Å². The van der Waals surface area contributed by atoms with Crippen molar-refractivity contribution in [1.29, 1.82) is 0 Å². The zero-order valence-corrected chi connectivity index (χ0v) is 16.8. The number of piperazine rings is 1. The van der Waals surface area contributed by atoms with Crippen molar-refractivity contribution >= 4 is 17.9 Å². The lowest BCUT2D eigenvalue weighted by atomic mass is 10.1. The molecule has 0 N–H and O–H groups in total. The van der Waals surface area contributed by atoms with Gasteiger partial charge in [-0.15, -0.1) is 0 Å². The van der Waals surface area contributed by atoms with Crippen molar-refractivity contribution in [3.05, 3.63) is 65.7 Å². The molecule has 1 aliphatic heterocycles. The molecular formula is C23H26N2O4. The van der Waals surface area contributed by atoms with Crippen LogP contribution in [0.1, 0.15) is 22.8 Å². The van der Waals surface area contributed by atoms with Crippen molar-refractivity contribution in [1.82, 2.24) is 9.80 Å². The molecule has 6 heteroatoms. The highest BCUT2D eigenvalue weighted by Gasteiger charge is 2.24. The Hall–Kier alpha value is -3.28. The van der Waals surface area contributed by atoms with Crippen molar-refractivity contribution in [2.75, 3.05) is 39.9 Å². The van der Waals surface area contributed by atoms with Crippen LogP contribution in [-0.2, 0) is 4.79 Å². The smallest absolute Gasteiger partial charge is 0.254 e. The highest BCUT2D eigenvalue weighted by Crippen LogP contribution is 2.20. The van der Waals surface area contributed by atoms with Gasteiger partial charge in [0.05, 0.1) is 13.7 Å². The molecule has 2 aromatic rings. The molecule has 0 aromatic heterocycles. The summed E-state index contributed by atoms with van der Waals surface area (Å²) in [6.07, 6.45) is 3.35. The number of carbonyl (C=O) groups is 2. The van der Waals surface area contributed by atoms with Gasteiger partial charge in [-0.3, -0.25) is 9.59 Å². The monoisotopic (exact) mass is 394 g/mol. The van der Waals surface area contributed by atoms with E-state index in [1.54, 1.807) is 47.3 Å². The molecular weight excluding hydrogens is 368 g/mol. The summed E-state index contributed by atoms with van der Waals surface area (Å²) in [4.78, 5) is 28.8. The first-order chi connectivity index (χ1) is 14.1. The summed E-state index contributed by atoms with van der Waals surface area (Å²) in [5.74, 6) is 1.30. The number of ether oxygens (including phenoxy) is 2. The van der Waals surface area contributed by atoms with E-state index in [-0.39, 0.29) is 11.8 Å². The fourth-order valence-corrected chi connectivity index (χ4v) is 3.24. The minimum Gasteiger partial charge on any atom is -0.497 e.